The number of carboxylic acids is 1. The summed E-state index contributed by atoms with van der Waals surface area (Å²) in [5.41, 5.74) is 3.63. The summed E-state index contributed by atoms with van der Waals surface area (Å²) in [6.07, 6.45) is 0.610. The second-order valence-electron chi connectivity index (χ2n) is 11.3. The van der Waals surface area contributed by atoms with Crippen molar-refractivity contribution in [2.75, 3.05) is 46.2 Å². The van der Waals surface area contributed by atoms with Gasteiger partial charge in [-0.25, -0.2) is 9.37 Å². The topological polar surface area (TPSA) is 123 Å². The van der Waals surface area contributed by atoms with Gasteiger partial charge in [0, 0.05) is 79.4 Å². The Bertz CT molecular complexity index is 1820. The van der Waals surface area contributed by atoms with Gasteiger partial charge in [0.2, 0.25) is 17.2 Å². The van der Waals surface area contributed by atoms with Crippen LogP contribution in [0.4, 0.5) is 5.69 Å². The molecule has 10 nitrogen and oxygen atoms in total. The minimum absolute atomic E-state index is 0.0166. The Morgan fingerprint density at radius 3 is 2.44 bits per heavy atom. The number of anilines is 1. The maximum Gasteiger partial charge on any atom is 0.336 e. The van der Waals surface area contributed by atoms with E-state index in [-0.39, 0.29) is 48.4 Å². The summed E-state index contributed by atoms with van der Waals surface area (Å²) in [5, 5.41) is 14.7. The molecule has 0 saturated carbocycles. The molecule has 2 heterocycles. The molecule has 10 heteroatoms. The maximum atomic E-state index is 13.0. The summed E-state index contributed by atoms with van der Waals surface area (Å²) in [6, 6.07) is 16.2. The number of carbonyl (C=O) groups is 4. The van der Waals surface area contributed by atoms with E-state index < -0.39 is 11.9 Å². The van der Waals surface area contributed by atoms with Crippen LogP contribution in [0.3, 0.4) is 0 Å². The SMILES string of the molecule is CC1CC(=O)N(CCCNC(=O)c2ccc(-c3c4ccc(=[N+](C)C)cc-4oc4cc(N(C)C)ccc34)c(C(=O)O)c2)C1=O. The molecule has 43 heavy (non-hydrogen) atoms. The van der Waals surface area contributed by atoms with Crippen molar-refractivity contribution in [3.05, 3.63) is 71.1 Å². The van der Waals surface area contributed by atoms with Gasteiger partial charge in [-0.2, -0.15) is 0 Å². The highest BCUT2D eigenvalue weighted by molar-refractivity contribution is 6.09. The number of hydrogen-bond donors (Lipinski definition) is 2. The van der Waals surface area contributed by atoms with Crippen molar-refractivity contribution >= 4 is 40.3 Å². The number of nitrogens with zero attached hydrogens (tertiary/aromatic N) is 3. The Balaban J connectivity index is 1.51. The number of imide groups is 1. The molecule has 1 atom stereocenters. The van der Waals surface area contributed by atoms with Crippen molar-refractivity contribution < 1.29 is 28.7 Å². The van der Waals surface area contributed by atoms with Crippen LogP contribution in [0.5, 0.6) is 0 Å². The lowest BCUT2D eigenvalue weighted by atomic mass is 9.89. The van der Waals surface area contributed by atoms with Crippen molar-refractivity contribution in [1.82, 2.24) is 14.8 Å². The Labute approximate surface area is 249 Å². The van der Waals surface area contributed by atoms with Crippen molar-refractivity contribution in [3.63, 3.8) is 0 Å². The molecular formula is C33H35N4O6+. The molecule has 5 rings (SSSR count). The molecule has 0 spiro atoms. The van der Waals surface area contributed by atoms with Crippen LogP contribution < -0.4 is 20.1 Å². The number of amides is 3. The largest absolute Gasteiger partial charge is 0.478 e. The van der Waals surface area contributed by atoms with E-state index in [9.17, 15) is 24.3 Å². The molecule has 1 saturated heterocycles. The molecule has 0 bridgehead atoms. The molecule has 1 aliphatic carbocycles. The number of aromatic carboxylic acids is 1. The minimum Gasteiger partial charge on any atom is -0.478 e. The van der Waals surface area contributed by atoms with E-state index in [1.165, 1.54) is 11.0 Å². The third kappa shape index (κ3) is 5.73. The number of carbonyl (C=O) groups excluding carboxylic acids is 3. The minimum atomic E-state index is -1.17. The molecule has 3 amide bonds. The molecule has 2 aromatic carbocycles. The molecule has 222 valence electrons. The number of nitrogens with one attached hydrogen (secondary N) is 1. The maximum absolute atomic E-state index is 13.0. The summed E-state index contributed by atoms with van der Waals surface area (Å²) in [4.78, 5) is 52.9. The van der Waals surface area contributed by atoms with E-state index in [1.807, 2.05) is 74.1 Å². The van der Waals surface area contributed by atoms with Crippen LogP contribution in [-0.4, -0.2) is 75.0 Å². The third-order valence-corrected chi connectivity index (χ3v) is 7.82. The number of hydrogen-bond acceptors (Lipinski definition) is 6. The lowest BCUT2D eigenvalue weighted by Gasteiger charge is -2.19. The predicted molar refractivity (Wildman–Crippen MR) is 164 cm³/mol. The molecule has 0 aromatic heterocycles. The van der Waals surface area contributed by atoms with Gasteiger partial charge < -0.3 is 19.7 Å². The zero-order valence-corrected chi connectivity index (χ0v) is 24.9. The zero-order valence-electron chi connectivity index (χ0n) is 24.9. The highest BCUT2D eigenvalue weighted by Gasteiger charge is 2.34. The summed E-state index contributed by atoms with van der Waals surface area (Å²) in [6.45, 7) is 2.18. The Kier molecular flexibility index (Phi) is 8.04. The van der Waals surface area contributed by atoms with E-state index in [0.717, 1.165) is 22.0 Å². The van der Waals surface area contributed by atoms with Crippen LogP contribution in [0.2, 0.25) is 0 Å². The van der Waals surface area contributed by atoms with Gasteiger partial charge in [0.1, 0.15) is 25.4 Å². The average molecular weight is 584 g/mol. The van der Waals surface area contributed by atoms with E-state index in [1.54, 1.807) is 19.1 Å². The van der Waals surface area contributed by atoms with Crippen molar-refractivity contribution in [2.45, 2.75) is 19.8 Å². The van der Waals surface area contributed by atoms with E-state index in [4.69, 9.17) is 4.42 Å². The van der Waals surface area contributed by atoms with Crippen molar-refractivity contribution in [1.29, 1.82) is 0 Å². The smallest absolute Gasteiger partial charge is 0.336 e. The van der Waals surface area contributed by atoms with Gasteiger partial charge in [-0.1, -0.05) is 13.0 Å². The first-order valence-corrected chi connectivity index (χ1v) is 14.1. The highest BCUT2D eigenvalue weighted by atomic mass is 16.4. The van der Waals surface area contributed by atoms with Crippen LogP contribution in [0.25, 0.3) is 33.4 Å². The van der Waals surface area contributed by atoms with Crippen LogP contribution in [0.1, 0.15) is 40.5 Å². The summed E-state index contributed by atoms with van der Waals surface area (Å²) >= 11 is 0. The Morgan fingerprint density at radius 1 is 1.05 bits per heavy atom. The number of rotatable bonds is 8. The fourth-order valence-corrected chi connectivity index (χ4v) is 5.42. The Morgan fingerprint density at radius 2 is 1.79 bits per heavy atom. The summed E-state index contributed by atoms with van der Waals surface area (Å²) < 4.78 is 8.32. The van der Waals surface area contributed by atoms with Gasteiger partial charge in [0.15, 0.2) is 0 Å². The third-order valence-electron chi connectivity index (χ3n) is 7.82. The number of benzene rings is 3. The van der Waals surface area contributed by atoms with E-state index in [0.29, 0.717) is 28.9 Å². The van der Waals surface area contributed by atoms with Crippen LogP contribution in [0.15, 0.2) is 59.0 Å². The molecule has 1 fully saturated rings. The molecule has 1 unspecified atom stereocenters. The summed E-state index contributed by atoms with van der Waals surface area (Å²) in [5.74, 6) is -1.70. The first-order chi connectivity index (χ1) is 20.5. The average Bonchev–Trinajstić information content (AvgIpc) is 3.22. The first-order valence-electron chi connectivity index (χ1n) is 14.1. The van der Waals surface area contributed by atoms with Gasteiger partial charge in [-0.05, 0) is 42.3 Å². The number of fused-ring (bicyclic) bond motifs is 2. The second-order valence-corrected chi connectivity index (χ2v) is 11.3. The fraction of sp³-hybridized carbons (Fsp3) is 0.303. The second kappa shape index (κ2) is 11.7. The lowest BCUT2D eigenvalue weighted by molar-refractivity contribution is -0.139. The standard InChI is InChI=1S/C33H34N4O6/c1-19-15-29(38)37(32(19)40)14-6-13-34-31(39)20-7-10-23(26(16-20)33(41)42)30-24-11-8-21(35(2)3)17-27(24)43-28-18-22(36(4)5)9-12-25(28)30/h7-12,16-19H,6,13-15H2,1-5H3,(H-,34,39,41,42)/p+1. The van der Waals surface area contributed by atoms with Gasteiger partial charge in [-0.15, -0.1) is 0 Å². The van der Waals surface area contributed by atoms with Crippen LogP contribution in [0, 0.1) is 5.92 Å². The highest BCUT2D eigenvalue weighted by Crippen LogP contribution is 2.42. The molecular weight excluding hydrogens is 548 g/mol. The van der Waals surface area contributed by atoms with Crippen LogP contribution >= 0.6 is 0 Å². The molecule has 2 aromatic rings. The monoisotopic (exact) mass is 583 g/mol. The van der Waals surface area contributed by atoms with E-state index in [2.05, 4.69) is 5.32 Å². The molecule has 2 N–H and O–H groups in total. The molecule has 3 aliphatic rings. The zero-order chi connectivity index (χ0) is 31.0. The number of likely N-dealkylation sites (tertiary alicyclic amines) is 1. The van der Waals surface area contributed by atoms with Crippen molar-refractivity contribution in [2.24, 2.45) is 5.92 Å². The Hall–Kier alpha value is -4.99. The van der Waals surface area contributed by atoms with Crippen LogP contribution in [-0.2, 0) is 9.59 Å². The predicted octanol–water partition coefficient (Wildman–Crippen LogP) is 3.52. The quantitative estimate of drug-likeness (QED) is 0.141. The van der Waals surface area contributed by atoms with E-state index >= 15 is 0 Å². The van der Waals surface area contributed by atoms with Gasteiger partial charge >= 0.3 is 5.97 Å². The normalized spacial score (nSPS) is 14.9. The molecule has 2 aliphatic heterocycles. The fourth-order valence-electron chi connectivity index (χ4n) is 5.42. The number of carboxylic acid groups (broad SMARTS) is 1. The van der Waals surface area contributed by atoms with Gasteiger partial charge in [0.05, 0.1) is 11.6 Å². The van der Waals surface area contributed by atoms with Gasteiger partial charge in [0.25, 0.3) is 5.91 Å². The lowest BCUT2D eigenvalue weighted by Crippen LogP contribution is -2.34. The van der Waals surface area contributed by atoms with Gasteiger partial charge in [-0.3, -0.25) is 19.3 Å². The first kappa shape index (κ1) is 29.5. The summed E-state index contributed by atoms with van der Waals surface area (Å²) in [7, 11) is 7.74. The molecule has 0 radical (unpaired) electrons. The van der Waals surface area contributed by atoms with Crippen molar-refractivity contribution in [3.8, 4) is 22.5 Å².